The maximum atomic E-state index is 12.4. The monoisotopic (exact) mass is 420 g/mol. The Bertz CT molecular complexity index is 1080. The third-order valence-electron chi connectivity index (χ3n) is 4.18. The van der Waals surface area contributed by atoms with Gasteiger partial charge in [0.2, 0.25) is 0 Å². The highest BCUT2D eigenvalue weighted by Crippen LogP contribution is 2.23. The second-order valence-corrected chi connectivity index (χ2v) is 6.34. The molecule has 0 fully saturated rings. The molecule has 0 unspecified atom stereocenters. The standard InChI is InChI=1S/C22H20N4O5/c1-2-31-18-13-11-16(12-14-18)23-21(27)15-7-9-17(10-8-15)24-22(28)25-19-5-3-4-6-20(19)26(29)30/h3-14H,2H2,1H3,(H,23,27)(H2,24,25,28). The van der Waals surface area contributed by atoms with E-state index < -0.39 is 11.0 Å². The van der Waals surface area contributed by atoms with E-state index in [-0.39, 0.29) is 17.3 Å². The molecular weight excluding hydrogens is 400 g/mol. The Morgan fingerprint density at radius 3 is 2.13 bits per heavy atom. The second kappa shape index (κ2) is 9.88. The van der Waals surface area contributed by atoms with Gasteiger partial charge in [-0.05, 0) is 61.5 Å². The number of anilines is 3. The summed E-state index contributed by atoms with van der Waals surface area (Å²) in [6.07, 6.45) is 0. The molecule has 3 N–H and O–H groups in total. The number of carbonyl (C=O) groups excluding carboxylic acids is 2. The van der Waals surface area contributed by atoms with Crippen LogP contribution in [0.2, 0.25) is 0 Å². The number of carbonyl (C=O) groups is 2. The van der Waals surface area contributed by atoms with E-state index in [1.807, 2.05) is 6.92 Å². The Labute approximate surface area is 178 Å². The van der Waals surface area contributed by atoms with Gasteiger partial charge in [0.05, 0.1) is 11.5 Å². The Balaban J connectivity index is 1.59. The zero-order valence-corrected chi connectivity index (χ0v) is 16.6. The molecule has 31 heavy (non-hydrogen) atoms. The van der Waals surface area contributed by atoms with Crippen LogP contribution in [0.15, 0.2) is 72.8 Å². The molecule has 3 aromatic carbocycles. The Morgan fingerprint density at radius 1 is 0.871 bits per heavy atom. The smallest absolute Gasteiger partial charge is 0.323 e. The molecule has 9 heteroatoms. The lowest BCUT2D eigenvalue weighted by Gasteiger charge is -2.09. The molecule has 0 spiro atoms. The van der Waals surface area contributed by atoms with E-state index in [1.54, 1.807) is 54.6 Å². The Kier molecular flexibility index (Phi) is 6.79. The molecule has 3 aromatic rings. The summed E-state index contributed by atoms with van der Waals surface area (Å²) < 4.78 is 5.37. The van der Waals surface area contributed by atoms with Gasteiger partial charge in [-0.3, -0.25) is 14.9 Å². The van der Waals surface area contributed by atoms with Crippen LogP contribution in [0.5, 0.6) is 5.75 Å². The Morgan fingerprint density at radius 2 is 1.48 bits per heavy atom. The molecule has 158 valence electrons. The fourth-order valence-corrected chi connectivity index (χ4v) is 2.73. The molecule has 0 saturated heterocycles. The van der Waals surface area contributed by atoms with Crippen LogP contribution < -0.4 is 20.7 Å². The minimum atomic E-state index is -0.638. The first-order chi connectivity index (χ1) is 15.0. The summed E-state index contributed by atoms with van der Waals surface area (Å²) in [6, 6.07) is 18.5. The summed E-state index contributed by atoms with van der Waals surface area (Å²) in [5.41, 5.74) is 1.32. The molecular formula is C22H20N4O5. The van der Waals surface area contributed by atoms with Crippen molar-refractivity contribution in [2.24, 2.45) is 0 Å². The molecule has 0 aliphatic rings. The van der Waals surface area contributed by atoms with Crippen LogP contribution in [0.4, 0.5) is 27.5 Å². The molecule has 0 aromatic heterocycles. The average molecular weight is 420 g/mol. The molecule has 0 aliphatic heterocycles. The number of rotatable bonds is 7. The lowest BCUT2D eigenvalue weighted by molar-refractivity contribution is -0.383. The molecule has 0 atom stereocenters. The number of hydrogen-bond donors (Lipinski definition) is 3. The molecule has 0 bridgehead atoms. The van der Waals surface area contributed by atoms with E-state index in [9.17, 15) is 19.7 Å². The summed E-state index contributed by atoms with van der Waals surface area (Å²) in [7, 11) is 0. The van der Waals surface area contributed by atoms with Crippen molar-refractivity contribution in [1.29, 1.82) is 0 Å². The lowest BCUT2D eigenvalue weighted by atomic mass is 10.2. The van der Waals surface area contributed by atoms with Crippen molar-refractivity contribution >= 4 is 34.7 Å². The van der Waals surface area contributed by atoms with Gasteiger partial charge < -0.3 is 20.7 Å². The number of para-hydroxylation sites is 2. The van der Waals surface area contributed by atoms with Gasteiger partial charge in [0.1, 0.15) is 11.4 Å². The predicted molar refractivity (Wildman–Crippen MR) is 118 cm³/mol. The molecule has 9 nitrogen and oxygen atoms in total. The van der Waals surface area contributed by atoms with Gasteiger partial charge in [0, 0.05) is 23.0 Å². The molecule has 0 radical (unpaired) electrons. The van der Waals surface area contributed by atoms with E-state index >= 15 is 0 Å². The maximum absolute atomic E-state index is 12.4. The first-order valence-electron chi connectivity index (χ1n) is 9.42. The van der Waals surface area contributed by atoms with Gasteiger partial charge in [0.15, 0.2) is 0 Å². The highest BCUT2D eigenvalue weighted by Gasteiger charge is 2.15. The number of nitrogens with zero attached hydrogens (tertiary/aromatic N) is 1. The number of hydrogen-bond acceptors (Lipinski definition) is 5. The van der Waals surface area contributed by atoms with E-state index in [2.05, 4.69) is 16.0 Å². The van der Waals surface area contributed by atoms with Crippen LogP contribution in [0.25, 0.3) is 0 Å². The number of nitrogens with one attached hydrogen (secondary N) is 3. The zero-order valence-electron chi connectivity index (χ0n) is 16.6. The van der Waals surface area contributed by atoms with Crippen molar-refractivity contribution in [2.45, 2.75) is 6.92 Å². The van der Waals surface area contributed by atoms with Crippen LogP contribution in [0.3, 0.4) is 0 Å². The van der Waals surface area contributed by atoms with Gasteiger partial charge in [-0.2, -0.15) is 0 Å². The average Bonchev–Trinajstić information content (AvgIpc) is 2.76. The van der Waals surface area contributed by atoms with Crippen LogP contribution in [0.1, 0.15) is 17.3 Å². The predicted octanol–water partition coefficient (Wildman–Crippen LogP) is 4.89. The SMILES string of the molecule is CCOc1ccc(NC(=O)c2ccc(NC(=O)Nc3ccccc3[N+](=O)[O-])cc2)cc1. The van der Waals surface area contributed by atoms with E-state index in [0.717, 1.165) is 5.75 Å². The van der Waals surface area contributed by atoms with Gasteiger partial charge in [-0.15, -0.1) is 0 Å². The number of urea groups is 1. The number of nitro benzene ring substituents is 1. The highest BCUT2D eigenvalue weighted by molar-refractivity contribution is 6.05. The summed E-state index contributed by atoms with van der Waals surface area (Å²) in [6.45, 7) is 2.45. The van der Waals surface area contributed by atoms with Crippen LogP contribution in [-0.4, -0.2) is 23.5 Å². The molecule has 3 rings (SSSR count). The van der Waals surface area contributed by atoms with Gasteiger partial charge >= 0.3 is 6.03 Å². The van der Waals surface area contributed by atoms with Crippen LogP contribution >= 0.6 is 0 Å². The molecule has 0 heterocycles. The van der Waals surface area contributed by atoms with E-state index in [4.69, 9.17) is 4.74 Å². The van der Waals surface area contributed by atoms with Gasteiger partial charge in [0.25, 0.3) is 11.6 Å². The first kappa shape index (κ1) is 21.3. The molecule has 0 aliphatic carbocycles. The third kappa shape index (κ3) is 5.80. The minimum absolute atomic E-state index is 0.0800. The van der Waals surface area contributed by atoms with Crippen LogP contribution in [-0.2, 0) is 0 Å². The molecule has 3 amide bonds. The first-order valence-corrected chi connectivity index (χ1v) is 9.42. The lowest BCUT2D eigenvalue weighted by Crippen LogP contribution is -2.20. The normalized spacial score (nSPS) is 10.1. The fourth-order valence-electron chi connectivity index (χ4n) is 2.73. The van der Waals surface area contributed by atoms with Gasteiger partial charge in [-0.1, -0.05) is 12.1 Å². The summed E-state index contributed by atoms with van der Waals surface area (Å²) >= 11 is 0. The number of ether oxygens (including phenoxy) is 1. The largest absolute Gasteiger partial charge is 0.494 e. The highest BCUT2D eigenvalue weighted by atomic mass is 16.6. The topological polar surface area (TPSA) is 123 Å². The summed E-state index contributed by atoms with van der Waals surface area (Å²) in [5, 5.41) is 18.8. The maximum Gasteiger partial charge on any atom is 0.323 e. The second-order valence-electron chi connectivity index (χ2n) is 6.34. The van der Waals surface area contributed by atoms with E-state index in [0.29, 0.717) is 23.5 Å². The minimum Gasteiger partial charge on any atom is -0.494 e. The summed E-state index contributed by atoms with van der Waals surface area (Å²) in [5.74, 6) is 0.412. The van der Waals surface area contributed by atoms with Crippen molar-refractivity contribution in [1.82, 2.24) is 0 Å². The summed E-state index contributed by atoms with van der Waals surface area (Å²) in [4.78, 5) is 35.0. The molecule has 0 saturated carbocycles. The van der Waals surface area contributed by atoms with E-state index in [1.165, 1.54) is 18.2 Å². The number of nitro groups is 1. The van der Waals surface area contributed by atoms with Crippen molar-refractivity contribution < 1.29 is 19.2 Å². The zero-order chi connectivity index (χ0) is 22.2. The number of amides is 3. The van der Waals surface area contributed by atoms with Gasteiger partial charge in [-0.25, -0.2) is 4.79 Å². The fraction of sp³-hybridized carbons (Fsp3) is 0.0909. The Hall–Kier alpha value is -4.40. The van der Waals surface area contributed by atoms with Crippen molar-refractivity contribution in [3.63, 3.8) is 0 Å². The van der Waals surface area contributed by atoms with Crippen molar-refractivity contribution in [3.05, 3.63) is 88.5 Å². The quantitative estimate of drug-likeness (QED) is 0.371. The third-order valence-corrected chi connectivity index (χ3v) is 4.18. The van der Waals surface area contributed by atoms with Crippen molar-refractivity contribution in [2.75, 3.05) is 22.6 Å². The van der Waals surface area contributed by atoms with Crippen molar-refractivity contribution in [3.8, 4) is 5.75 Å². The number of benzene rings is 3. The van der Waals surface area contributed by atoms with Crippen LogP contribution in [0, 0.1) is 10.1 Å².